The van der Waals surface area contributed by atoms with Gasteiger partial charge in [0.05, 0.1) is 5.69 Å². The number of nitrogens with one attached hydrogen (secondary N) is 1. The Morgan fingerprint density at radius 1 is 0.760 bits per heavy atom. The van der Waals surface area contributed by atoms with Crippen LogP contribution in [0, 0.1) is 6.92 Å². The Bertz CT molecular complexity index is 983. The number of rotatable bonds is 5. The summed E-state index contributed by atoms with van der Waals surface area (Å²) in [7, 11) is 0. The Labute approximate surface area is 148 Å². The molecule has 4 aromatic rings. The van der Waals surface area contributed by atoms with E-state index in [1.165, 1.54) is 27.6 Å². The minimum atomic E-state index is 0.888. The van der Waals surface area contributed by atoms with Crippen LogP contribution in [-0.2, 0) is 19.3 Å². The molecule has 0 aliphatic rings. The molecule has 2 heteroatoms. The average Bonchev–Trinajstić information content (AvgIpc) is 3.00. The number of hydrogen-bond donors (Lipinski definition) is 1. The van der Waals surface area contributed by atoms with Gasteiger partial charge in [-0.3, -0.25) is 0 Å². The molecule has 1 N–H and O–H groups in total. The summed E-state index contributed by atoms with van der Waals surface area (Å²) in [5.74, 6) is 1.08. The third-order valence-electron chi connectivity index (χ3n) is 4.71. The first-order valence-electron chi connectivity index (χ1n) is 8.84. The number of benzene rings is 3. The molecule has 1 aromatic heterocycles. The Morgan fingerprint density at radius 2 is 1.52 bits per heavy atom. The van der Waals surface area contributed by atoms with Crippen LogP contribution in [0.3, 0.4) is 0 Å². The SMILES string of the molecule is Cc1[nH]c(CCc2ccc3ccccc3c2)nc1Cc1ccccc1. The van der Waals surface area contributed by atoms with Crippen molar-refractivity contribution in [2.75, 3.05) is 0 Å². The van der Waals surface area contributed by atoms with E-state index in [0.29, 0.717) is 0 Å². The van der Waals surface area contributed by atoms with Crippen molar-refractivity contribution in [1.82, 2.24) is 9.97 Å². The van der Waals surface area contributed by atoms with Gasteiger partial charge >= 0.3 is 0 Å². The Balaban J connectivity index is 1.46. The number of aromatic amines is 1. The summed E-state index contributed by atoms with van der Waals surface area (Å²) in [6, 6.07) is 25.8. The molecule has 25 heavy (non-hydrogen) atoms. The third kappa shape index (κ3) is 3.63. The van der Waals surface area contributed by atoms with Gasteiger partial charge in [0.15, 0.2) is 0 Å². The molecular weight excluding hydrogens is 304 g/mol. The Hall–Kier alpha value is -2.87. The van der Waals surface area contributed by atoms with Crippen molar-refractivity contribution in [3.63, 3.8) is 0 Å². The van der Waals surface area contributed by atoms with Crippen molar-refractivity contribution in [2.45, 2.75) is 26.2 Å². The maximum atomic E-state index is 4.83. The molecule has 0 fully saturated rings. The lowest BCUT2D eigenvalue weighted by Crippen LogP contribution is -1.94. The van der Waals surface area contributed by atoms with E-state index in [2.05, 4.69) is 84.7 Å². The van der Waals surface area contributed by atoms with Gasteiger partial charge < -0.3 is 4.98 Å². The lowest BCUT2D eigenvalue weighted by Gasteiger charge is -2.03. The van der Waals surface area contributed by atoms with Gasteiger partial charge in [-0.25, -0.2) is 4.98 Å². The number of fused-ring (bicyclic) bond motifs is 1. The van der Waals surface area contributed by atoms with Crippen LogP contribution >= 0.6 is 0 Å². The predicted molar refractivity (Wildman–Crippen MR) is 104 cm³/mol. The molecule has 0 spiro atoms. The van der Waals surface area contributed by atoms with Gasteiger partial charge in [0.2, 0.25) is 0 Å². The number of imidazole rings is 1. The van der Waals surface area contributed by atoms with Crippen molar-refractivity contribution >= 4 is 10.8 Å². The van der Waals surface area contributed by atoms with Crippen molar-refractivity contribution in [2.24, 2.45) is 0 Å². The second kappa shape index (κ2) is 6.94. The maximum Gasteiger partial charge on any atom is 0.106 e. The Kier molecular flexibility index (Phi) is 4.34. The van der Waals surface area contributed by atoms with Crippen LogP contribution < -0.4 is 0 Å². The molecule has 0 aliphatic carbocycles. The summed E-state index contributed by atoms with van der Waals surface area (Å²) >= 11 is 0. The van der Waals surface area contributed by atoms with Gasteiger partial charge in [-0.05, 0) is 35.2 Å². The first-order chi connectivity index (χ1) is 12.3. The molecule has 0 saturated carbocycles. The summed E-state index contributed by atoms with van der Waals surface area (Å²) in [5, 5.41) is 2.60. The number of aryl methyl sites for hydroxylation is 3. The number of hydrogen-bond acceptors (Lipinski definition) is 1. The first-order valence-corrected chi connectivity index (χ1v) is 8.84. The van der Waals surface area contributed by atoms with E-state index in [0.717, 1.165) is 30.8 Å². The van der Waals surface area contributed by atoms with E-state index in [9.17, 15) is 0 Å². The summed E-state index contributed by atoms with van der Waals surface area (Å²) in [6.07, 6.45) is 2.83. The molecule has 0 atom stereocenters. The zero-order valence-electron chi connectivity index (χ0n) is 14.5. The van der Waals surface area contributed by atoms with E-state index in [1.807, 2.05) is 0 Å². The van der Waals surface area contributed by atoms with E-state index in [1.54, 1.807) is 0 Å². The molecule has 4 rings (SSSR count). The van der Waals surface area contributed by atoms with Crippen LogP contribution in [0.5, 0.6) is 0 Å². The lowest BCUT2D eigenvalue weighted by atomic mass is 10.0. The molecule has 0 amide bonds. The monoisotopic (exact) mass is 326 g/mol. The molecule has 0 aliphatic heterocycles. The number of nitrogens with zero attached hydrogens (tertiary/aromatic N) is 1. The second-order valence-corrected chi connectivity index (χ2v) is 6.60. The standard InChI is InChI=1S/C23H22N2/c1-17-22(16-18-7-3-2-4-8-18)25-23(24-17)14-12-19-11-13-20-9-5-6-10-21(20)15-19/h2-11,13,15H,12,14,16H2,1H3,(H,24,25). The van der Waals surface area contributed by atoms with Crippen LogP contribution in [0.25, 0.3) is 10.8 Å². The van der Waals surface area contributed by atoms with Gasteiger partial charge in [0.1, 0.15) is 5.82 Å². The van der Waals surface area contributed by atoms with E-state index in [-0.39, 0.29) is 0 Å². The number of aromatic nitrogens is 2. The Morgan fingerprint density at radius 3 is 2.36 bits per heavy atom. The maximum absolute atomic E-state index is 4.83. The molecule has 1 heterocycles. The van der Waals surface area contributed by atoms with E-state index >= 15 is 0 Å². The van der Waals surface area contributed by atoms with E-state index < -0.39 is 0 Å². The van der Waals surface area contributed by atoms with Crippen LogP contribution in [-0.4, -0.2) is 9.97 Å². The van der Waals surface area contributed by atoms with Crippen molar-refractivity contribution in [3.8, 4) is 0 Å². The average molecular weight is 326 g/mol. The quantitative estimate of drug-likeness (QED) is 0.533. The zero-order valence-corrected chi connectivity index (χ0v) is 14.5. The minimum Gasteiger partial charge on any atom is -0.346 e. The van der Waals surface area contributed by atoms with Crippen LogP contribution in [0.15, 0.2) is 72.8 Å². The van der Waals surface area contributed by atoms with E-state index in [4.69, 9.17) is 4.98 Å². The fraction of sp³-hybridized carbons (Fsp3) is 0.174. The van der Waals surface area contributed by atoms with Gasteiger partial charge in [0.25, 0.3) is 0 Å². The lowest BCUT2D eigenvalue weighted by molar-refractivity contribution is 0.877. The second-order valence-electron chi connectivity index (χ2n) is 6.60. The topological polar surface area (TPSA) is 28.7 Å². The minimum absolute atomic E-state index is 0.888. The largest absolute Gasteiger partial charge is 0.346 e. The summed E-state index contributed by atoms with van der Waals surface area (Å²) in [6.45, 7) is 2.12. The normalized spacial score (nSPS) is 11.1. The molecule has 0 radical (unpaired) electrons. The third-order valence-corrected chi connectivity index (χ3v) is 4.71. The van der Waals surface area contributed by atoms with Gasteiger partial charge in [-0.2, -0.15) is 0 Å². The van der Waals surface area contributed by atoms with Crippen LogP contribution in [0.1, 0.15) is 28.3 Å². The van der Waals surface area contributed by atoms with Gasteiger partial charge in [-0.15, -0.1) is 0 Å². The summed E-state index contributed by atoms with van der Waals surface area (Å²) in [4.78, 5) is 8.29. The smallest absolute Gasteiger partial charge is 0.106 e. The fourth-order valence-corrected chi connectivity index (χ4v) is 3.30. The molecular formula is C23H22N2. The zero-order chi connectivity index (χ0) is 17.1. The predicted octanol–water partition coefficient (Wildman–Crippen LogP) is 5.25. The molecule has 0 unspecified atom stereocenters. The summed E-state index contributed by atoms with van der Waals surface area (Å²) < 4.78 is 0. The molecule has 124 valence electrons. The highest BCUT2D eigenvalue weighted by molar-refractivity contribution is 5.82. The van der Waals surface area contributed by atoms with Crippen molar-refractivity contribution in [3.05, 3.63) is 101 Å². The van der Waals surface area contributed by atoms with Crippen molar-refractivity contribution in [1.29, 1.82) is 0 Å². The molecule has 0 saturated heterocycles. The van der Waals surface area contributed by atoms with Crippen LogP contribution in [0.2, 0.25) is 0 Å². The van der Waals surface area contributed by atoms with Gasteiger partial charge in [0, 0.05) is 18.5 Å². The molecule has 2 nitrogen and oxygen atoms in total. The fourth-order valence-electron chi connectivity index (χ4n) is 3.30. The highest BCUT2D eigenvalue weighted by Crippen LogP contribution is 2.17. The first kappa shape index (κ1) is 15.6. The molecule has 0 bridgehead atoms. The highest BCUT2D eigenvalue weighted by Gasteiger charge is 2.08. The van der Waals surface area contributed by atoms with Crippen LogP contribution in [0.4, 0.5) is 0 Å². The highest BCUT2D eigenvalue weighted by atomic mass is 14.9. The molecule has 3 aromatic carbocycles. The number of H-pyrrole nitrogens is 1. The van der Waals surface area contributed by atoms with Gasteiger partial charge in [-0.1, -0.05) is 72.8 Å². The summed E-state index contributed by atoms with van der Waals surface area (Å²) in [5.41, 5.74) is 4.99. The van der Waals surface area contributed by atoms with Crippen molar-refractivity contribution < 1.29 is 0 Å².